The number of nitrogens with zero attached hydrogens (tertiary/aromatic N) is 3. The van der Waals surface area contributed by atoms with E-state index in [-0.39, 0.29) is 12.2 Å². The lowest BCUT2D eigenvalue weighted by atomic mass is 10.1. The second-order valence-corrected chi connectivity index (χ2v) is 7.63. The van der Waals surface area contributed by atoms with Crippen molar-refractivity contribution in [2.45, 2.75) is 52.6 Å². The number of morpholine rings is 1. The Morgan fingerprint density at radius 2 is 1.74 bits per heavy atom. The fourth-order valence-corrected chi connectivity index (χ4v) is 3.92. The first-order valence-corrected chi connectivity index (χ1v) is 9.68. The molecule has 2 heterocycles. The molecule has 3 rings (SSSR count). The molecule has 1 fully saturated rings. The molecule has 0 radical (unpaired) electrons. The van der Waals surface area contributed by atoms with Gasteiger partial charge in [-0.1, -0.05) is 24.3 Å². The lowest BCUT2D eigenvalue weighted by Crippen LogP contribution is -2.45. The lowest BCUT2D eigenvalue weighted by Gasteiger charge is -2.35. The summed E-state index contributed by atoms with van der Waals surface area (Å²) in [6.07, 6.45) is 0.573. The SMILES string of the molecule is Cc1c(CNCc2ccccc2CN2CC(C)OC(C)C2)cc(C#N)n1C. The third-order valence-electron chi connectivity index (χ3n) is 5.39. The number of rotatable bonds is 6. The van der Waals surface area contributed by atoms with Crippen LogP contribution >= 0.6 is 0 Å². The topological polar surface area (TPSA) is 53.2 Å². The van der Waals surface area contributed by atoms with Crippen molar-refractivity contribution < 1.29 is 4.74 Å². The van der Waals surface area contributed by atoms with Crippen LogP contribution in [0.2, 0.25) is 0 Å². The van der Waals surface area contributed by atoms with Crippen molar-refractivity contribution in [1.82, 2.24) is 14.8 Å². The summed E-state index contributed by atoms with van der Waals surface area (Å²) in [6.45, 7) is 10.9. The quantitative estimate of drug-likeness (QED) is 0.853. The molecule has 1 aromatic carbocycles. The molecule has 1 saturated heterocycles. The first-order valence-electron chi connectivity index (χ1n) is 9.68. The van der Waals surface area contributed by atoms with Gasteiger partial charge < -0.3 is 14.6 Å². The van der Waals surface area contributed by atoms with Gasteiger partial charge >= 0.3 is 0 Å². The van der Waals surface area contributed by atoms with Gasteiger partial charge in [-0.25, -0.2) is 0 Å². The Morgan fingerprint density at radius 1 is 1.11 bits per heavy atom. The largest absolute Gasteiger partial charge is 0.373 e. The molecule has 0 amide bonds. The zero-order chi connectivity index (χ0) is 19.4. The van der Waals surface area contributed by atoms with Crippen molar-refractivity contribution in [3.05, 3.63) is 58.4 Å². The minimum atomic E-state index is 0.287. The smallest absolute Gasteiger partial charge is 0.120 e. The molecule has 2 unspecified atom stereocenters. The molecule has 1 aliphatic rings. The molecule has 144 valence electrons. The summed E-state index contributed by atoms with van der Waals surface area (Å²) in [5.41, 5.74) is 5.73. The monoisotopic (exact) mass is 366 g/mol. The van der Waals surface area contributed by atoms with Crippen molar-refractivity contribution in [2.75, 3.05) is 13.1 Å². The van der Waals surface area contributed by atoms with Gasteiger partial charge in [0.2, 0.25) is 0 Å². The van der Waals surface area contributed by atoms with E-state index in [2.05, 4.69) is 61.3 Å². The van der Waals surface area contributed by atoms with Gasteiger partial charge in [0.05, 0.1) is 12.2 Å². The maximum Gasteiger partial charge on any atom is 0.120 e. The Hall–Kier alpha value is -2.13. The normalized spacial score (nSPS) is 20.6. The summed E-state index contributed by atoms with van der Waals surface area (Å²) in [7, 11) is 1.94. The third-order valence-corrected chi connectivity index (χ3v) is 5.39. The molecular formula is C22H30N4O. The van der Waals surface area contributed by atoms with E-state index in [4.69, 9.17) is 4.74 Å². The van der Waals surface area contributed by atoms with Crippen LogP contribution in [-0.2, 0) is 31.4 Å². The van der Waals surface area contributed by atoms with Gasteiger partial charge in [0.15, 0.2) is 0 Å². The molecule has 5 heteroatoms. The lowest BCUT2D eigenvalue weighted by molar-refractivity contribution is -0.0705. The van der Waals surface area contributed by atoms with Gasteiger partial charge in [-0.15, -0.1) is 0 Å². The Balaban J connectivity index is 1.62. The predicted octanol–water partition coefficient (Wildman–Crippen LogP) is 3.10. The molecule has 2 aromatic rings. The van der Waals surface area contributed by atoms with Crippen LogP contribution in [0.1, 0.15) is 41.9 Å². The minimum absolute atomic E-state index is 0.287. The van der Waals surface area contributed by atoms with E-state index in [1.165, 1.54) is 16.7 Å². The number of nitrogens with one attached hydrogen (secondary N) is 1. The van der Waals surface area contributed by atoms with Gasteiger partial charge in [0.1, 0.15) is 11.8 Å². The van der Waals surface area contributed by atoms with Gasteiger partial charge in [-0.05, 0) is 43.5 Å². The van der Waals surface area contributed by atoms with E-state index < -0.39 is 0 Å². The molecule has 1 aromatic heterocycles. The Bertz CT molecular complexity index is 810. The first kappa shape index (κ1) is 19.6. The average molecular weight is 367 g/mol. The molecule has 1 aliphatic heterocycles. The van der Waals surface area contributed by atoms with Crippen LogP contribution in [0.15, 0.2) is 30.3 Å². The Labute approximate surface area is 162 Å². The second-order valence-electron chi connectivity index (χ2n) is 7.63. The van der Waals surface area contributed by atoms with Crippen LogP contribution in [0.4, 0.5) is 0 Å². The second kappa shape index (κ2) is 8.71. The van der Waals surface area contributed by atoms with Crippen molar-refractivity contribution in [2.24, 2.45) is 7.05 Å². The summed E-state index contributed by atoms with van der Waals surface area (Å²) in [4.78, 5) is 2.48. The van der Waals surface area contributed by atoms with Gasteiger partial charge in [0, 0.05) is 45.5 Å². The number of benzene rings is 1. The summed E-state index contributed by atoms with van der Waals surface area (Å²) < 4.78 is 7.80. The predicted molar refractivity (Wildman–Crippen MR) is 107 cm³/mol. The number of hydrogen-bond acceptors (Lipinski definition) is 4. The van der Waals surface area contributed by atoms with Crippen LogP contribution in [0, 0.1) is 18.3 Å². The molecule has 5 nitrogen and oxygen atoms in total. The number of hydrogen-bond donors (Lipinski definition) is 1. The molecule has 0 bridgehead atoms. The number of nitriles is 1. The van der Waals surface area contributed by atoms with Crippen LogP contribution < -0.4 is 5.32 Å². The first-order chi connectivity index (χ1) is 13.0. The average Bonchev–Trinajstić information content (AvgIpc) is 2.90. The maximum absolute atomic E-state index is 9.18. The van der Waals surface area contributed by atoms with E-state index in [0.717, 1.165) is 38.4 Å². The zero-order valence-corrected chi connectivity index (χ0v) is 16.8. The van der Waals surface area contributed by atoms with Gasteiger partial charge in [0.25, 0.3) is 0 Å². The molecular weight excluding hydrogens is 336 g/mol. The summed E-state index contributed by atoms with van der Waals surface area (Å²) in [5, 5.41) is 12.7. The highest BCUT2D eigenvalue weighted by Gasteiger charge is 2.22. The van der Waals surface area contributed by atoms with Crippen LogP contribution in [0.25, 0.3) is 0 Å². The Kier molecular flexibility index (Phi) is 6.33. The van der Waals surface area contributed by atoms with Gasteiger partial charge in [-0.3, -0.25) is 4.90 Å². The standard InChI is InChI=1S/C22H30N4O/c1-16-13-26(14-17(2)27-16)15-20-8-6-5-7-19(20)11-24-12-21-9-22(10-23)25(4)18(21)3/h5-9,16-17,24H,11-15H2,1-4H3. The fourth-order valence-electron chi connectivity index (χ4n) is 3.92. The van der Waals surface area contributed by atoms with Crippen LogP contribution in [-0.4, -0.2) is 34.8 Å². The van der Waals surface area contributed by atoms with Gasteiger partial charge in [-0.2, -0.15) is 5.26 Å². The van der Waals surface area contributed by atoms with E-state index in [1.54, 1.807) is 0 Å². The molecule has 0 aliphatic carbocycles. The van der Waals surface area contributed by atoms with Crippen molar-refractivity contribution >= 4 is 0 Å². The van der Waals surface area contributed by atoms with Crippen LogP contribution in [0.5, 0.6) is 0 Å². The van der Waals surface area contributed by atoms with E-state index in [1.807, 2.05) is 17.7 Å². The van der Waals surface area contributed by atoms with Crippen molar-refractivity contribution in [1.29, 1.82) is 5.26 Å². The molecule has 2 atom stereocenters. The van der Waals surface area contributed by atoms with Crippen molar-refractivity contribution in [3.8, 4) is 6.07 Å². The van der Waals surface area contributed by atoms with Crippen molar-refractivity contribution in [3.63, 3.8) is 0 Å². The molecule has 0 saturated carbocycles. The fraction of sp³-hybridized carbons (Fsp3) is 0.500. The molecule has 27 heavy (non-hydrogen) atoms. The number of ether oxygens (including phenoxy) is 1. The Morgan fingerprint density at radius 3 is 2.37 bits per heavy atom. The molecule has 1 N–H and O–H groups in total. The highest BCUT2D eigenvalue weighted by Crippen LogP contribution is 2.18. The van der Waals surface area contributed by atoms with E-state index in [9.17, 15) is 5.26 Å². The molecule has 0 spiro atoms. The van der Waals surface area contributed by atoms with E-state index in [0.29, 0.717) is 5.69 Å². The maximum atomic E-state index is 9.18. The summed E-state index contributed by atoms with van der Waals surface area (Å²) in [5.74, 6) is 0. The highest BCUT2D eigenvalue weighted by molar-refractivity contribution is 5.34. The minimum Gasteiger partial charge on any atom is -0.373 e. The van der Waals surface area contributed by atoms with E-state index >= 15 is 0 Å². The zero-order valence-electron chi connectivity index (χ0n) is 16.8. The number of aromatic nitrogens is 1. The third kappa shape index (κ3) is 4.78. The highest BCUT2D eigenvalue weighted by atomic mass is 16.5. The van der Waals surface area contributed by atoms with Crippen LogP contribution in [0.3, 0.4) is 0 Å². The summed E-state index contributed by atoms with van der Waals surface area (Å²) in [6, 6.07) is 12.9. The summed E-state index contributed by atoms with van der Waals surface area (Å²) >= 11 is 0.